The van der Waals surface area contributed by atoms with E-state index in [1.807, 2.05) is 31.3 Å². The van der Waals surface area contributed by atoms with E-state index in [0.717, 1.165) is 30.7 Å². The van der Waals surface area contributed by atoms with E-state index in [1.54, 1.807) is 13.2 Å². The van der Waals surface area contributed by atoms with Crippen molar-refractivity contribution in [2.45, 2.75) is 12.8 Å². The molecular formula is C18H23NO2. The summed E-state index contributed by atoms with van der Waals surface area (Å²) in [7, 11) is 3.66. The van der Waals surface area contributed by atoms with Crippen molar-refractivity contribution in [3.05, 3.63) is 59.7 Å². The van der Waals surface area contributed by atoms with Gasteiger partial charge in [0.05, 0.1) is 7.11 Å². The van der Waals surface area contributed by atoms with Crippen LogP contribution in [0.3, 0.4) is 0 Å². The quantitative estimate of drug-likeness (QED) is 0.821. The van der Waals surface area contributed by atoms with Gasteiger partial charge in [0.15, 0.2) is 0 Å². The van der Waals surface area contributed by atoms with Crippen LogP contribution in [0.25, 0.3) is 0 Å². The maximum absolute atomic E-state index is 9.58. The first kappa shape index (κ1) is 15.4. The molecule has 0 aromatic heterocycles. The predicted molar refractivity (Wildman–Crippen MR) is 85.9 cm³/mol. The summed E-state index contributed by atoms with van der Waals surface area (Å²) in [5, 5.41) is 12.8. The van der Waals surface area contributed by atoms with Crippen LogP contribution in [0.15, 0.2) is 48.5 Å². The minimum Gasteiger partial charge on any atom is -0.508 e. The number of rotatable bonds is 7. The van der Waals surface area contributed by atoms with Crippen molar-refractivity contribution < 1.29 is 9.84 Å². The number of methoxy groups -OCH3 is 1. The van der Waals surface area contributed by atoms with E-state index in [4.69, 9.17) is 4.74 Å². The maximum atomic E-state index is 9.58. The average Bonchev–Trinajstić information content (AvgIpc) is 2.48. The van der Waals surface area contributed by atoms with E-state index < -0.39 is 0 Å². The van der Waals surface area contributed by atoms with Crippen molar-refractivity contribution in [3.63, 3.8) is 0 Å². The van der Waals surface area contributed by atoms with Crippen molar-refractivity contribution in [1.29, 1.82) is 0 Å². The van der Waals surface area contributed by atoms with E-state index in [9.17, 15) is 5.11 Å². The molecule has 1 unspecified atom stereocenters. The second kappa shape index (κ2) is 7.70. The summed E-state index contributed by atoms with van der Waals surface area (Å²) < 4.78 is 5.28. The second-order valence-corrected chi connectivity index (χ2v) is 5.35. The molecule has 3 heteroatoms. The lowest BCUT2D eigenvalue weighted by molar-refractivity contribution is 0.413. The molecule has 1 atom stereocenters. The SMILES string of the molecule is CNCC(Cc1cccc(O)c1)Cc1cccc(OC)c1. The van der Waals surface area contributed by atoms with Crippen LogP contribution in [0.5, 0.6) is 11.5 Å². The molecule has 0 aliphatic heterocycles. The number of hydrogen-bond acceptors (Lipinski definition) is 3. The third kappa shape index (κ3) is 4.80. The van der Waals surface area contributed by atoms with Gasteiger partial charge in [-0.15, -0.1) is 0 Å². The first-order valence-corrected chi connectivity index (χ1v) is 7.26. The zero-order chi connectivity index (χ0) is 15.1. The molecule has 0 bridgehead atoms. The molecule has 2 aromatic carbocycles. The minimum atomic E-state index is 0.331. The van der Waals surface area contributed by atoms with Crippen LogP contribution < -0.4 is 10.1 Å². The van der Waals surface area contributed by atoms with E-state index in [-0.39, 0.29) is 0 Å². The molecule has 0 aliphatic rings. The Morgan fingerprint density at radius 2 is 1.71 bits per heavy atom. The first-order chi connectivity index (χ1) is 10.2. The van der Waals surface area contributed by atoms with Gasteiger partial charge in [-0.3, -0.25) is 0 Å². The standard InChI is InChI=1S/C18H23NO2/c1-19-13-16(9-14-5-3-7-17(20)11-14)10-15-6-4-8-18(12-15)21-2/h3-8,11-12,16,19-20H,9-10,13H2,1-2H3. The molecule has 0 aliphatic carbocycles. The van der Waals surface area contributed by atoms with Crippen molar-refractivity contribution in [2.24, 2.45) is 5.92 Å². The fourth-order valence-electron chi connectivity index (χ4n) is 2.65. The fraction of sp³-hybridized carbons (Fsp3) is 0.333. The number of hydrogen-bond donors (Lipinski definition) is 2. The van der Waals surface area contributed by atoms with Crippen molar-refractivity contribution in [1.82, 2.24) is 5.32 Å². The lowest BCUT2D eigenvalue weighted by Crippen LogP contribution is -2.22. The van der Waals surface area contributed by atoms with Crippen molar-refractivity contribution in [3.8, 4) is 11.5 Å². The molecule has 21 heavy (non-hydrogen) atoms. The molecule has 112 valence electrons. The van der Waals surface area contributed by atoms with Crippen molar-refractivity contribution in [2.75, 3.05) is 20.7 Å². The molecular weight excluding hydrogens is 262 g/mol. The van der Waals surface area contributed by atoms with E-state index in [2.05, 4.69) is 23.5 Å². The zero-order valence-corrected chi connectivity index (χ0v) is 12.7. The summed E-state index contributed by atoms with van der Waals surface area (Å²) in [4.78, 5) is 0. The number of aromatic hydroxyl groups is 1. The van der Waals surface area contributed by atoms with Gasteiger partial charge < -0.3 is 15.2 Å². The third-order valence-electron chi connectivity index (χ3n) is 3.59. The van der Waals surface area contributed by atoms with E-state index >= 15 is 0 Å². The molecule has 0 spiro atoms. The topological polar surface area (TPSA) is 41.5 Å². The zero-order valence-electron chi connectivity index (χ0n) is 12.7. The lowest BCUT2D eigenvalue weighted by Gasteiger charge is -2.17. The van der Waals surface area contributed by atoms with Gasteiger partial charge in [0.25, 0.3) is 0 Å². The highest BCUT2D eigenvalue weighted by molar-refractivity contribution is 5.30. The summed E-state index contributed by atoms with van der Waals surface area (Å²) in [5.41, 5.74) is 2.44. The normalized spacial score (nSPS) is 12.1. The van der Waals surface area contributed by atoms with Crippen LogP contribution in [0.2, 0.25) is 0 Å². The Morgan fingerprint density at radius 3 is 2.33 bits per heavy atom. The summed E-state index contributed by atoms with van der Waals surface area (Å²) in [6, 6.07) is 15.7. The summed E-state index contributed by atoms with van der Waals surface area (Å²) >= 11 is 0. The first-order valence-electron chi connectivity index (χ1n) is 7.26. The Morgan fingerprint density at radius 1 is 1.05 bits per heavy atom. The molecule has 3 nitrogen and oxygen atoms in total. The molecule has 0 radical (unpaired) electrons. The predicted octanol–water partition coefficient (Wildman–Crippen LogP) is 3.02. The molecule has 0 heterocycles. The van der Waals surface area contributed by atoms with Crippen LogP contribution in [0, 0.1) is 5.92 Å². The lowest BCUT2D eigenvalue weighted by atomic mass is 9.92. The Balaban J connectivity index is 2.07. The van der Waals surface area contributed by atoms with Gasteiger partial charge in [0.2, 0.25) is 0 Å². The Labute approximate surface area is 126 Å². The molecule has 0 fully saturated rings. The molecule has 0 saturated heterocycles. The number of benzene rings is 2. The Hall–Kier alpha value is -2.00. The van der Waals surface area contributed by atoms with Crippen LogP contribution in [0.4, 0.5) is 0 Å². The van der Waals surface area contributed by atoms with Crippen LogP contribution >= 0.6 is 0 Å². The number of phenols is 1. The molecule has 2 rings (SSSR count). The van der Waals surface area contributed by atoms with Gasteiger partial charge in [-0.25, -0.2) is 0 Å². The van der Waals surface area contributed by atoms with Gasteiger partial charge >= 0.3 is 0 Å². The second-order valence-electron chi connectivity index (χ2n) is 5.35. The molecule has 0 amide bonds. The minimum absolute atomic E-state index is 0.331. The van der Waals surface area contributed by atoms with Crippen LogP contribution in [-0.2, 0) is 12.8 Å². The van der Waals surface area contributed by atoms with Gasteiger partial charge in [0.1, 0.15) is 11.5 Å². The Bertz CT molecular complexity index is 569. The van der Waals surface area contributed by atoms with Gasteiger partial charge in [-0.05, 0) is 67.7 Å². The van der Waals surface area contributed by atoms with Gasteiger partial charge in [-0.2, -0.15) is 0 Å². The number of phenolic OH excluding ortho intramolecular Hbond substituents is 1. The van der Waals surface area contributed by atoms with E-state index in [1.165, 1.54) is 5.56 Å². The third-order valence-corrected chi connectivity index (χ3v) is 3.59. The molecule has 2 N–H and O–H groups in total. The monoisotopic (exact) mass is 285 g/mol. The molecule has 2 aromatic rings. The molecule has 0 saturated carbocycles. The number of ether oxygens (including phenoxy) is 1. The summed E-state index contributed by atoms with van der Waals surface area (Å²) in [6.45, 7) is 0.937. The van der Waals surface area contributed by atoms with Gasteiger partial charge in [0, 0.05) is 0 Å². The Kier molecular flexibility index (Phi) is 5.64. The van der Waals surface area contributed by atoms with Crippen molar-refractivity contribution >= 4 is 0 Å². The average molecular weight is 285 g/mol. The summed E-state index contributed by atoms with van der Waals surface area (Å²) in [5.74, 6) is 1.70. The maximum Gasteiger partial charge on any atom is 0.119 e. The largest absolute Gasteiger partial charge is 0.508 e. The smallest absolute Gasteiger partial charge is 0.119 e. The highest BCUT2D eigenvalue weighted by Gasteiger charge is 2.11. The summed E-state index contributed by atoms with van der Waals surface area (Å²) in [6.07, 6.45) is 1.92. The van der Waals surface area contributed by atoms with Crippen LogP contribution in [-0.4, -0.2) is 25.8 Å². The number of nitrogens with one attached hydrogen (secondary N) is 1. The highest BCUT2D eigenvalue weighted by Crippen LogP contribution is 2.20. The van der Waals surface area contributed by atoms with Crippen LogP contribution in [0.1, 0.15) is 11.1 Å². The van der Waals surface area contributed by atoms with E-state index in [0.29, 0.717) is 11.7 Å². The van der Waals surface area contributed by atoms with Gasteiger partial charge in [-0.1, -0.05) is 24.3 Å². The fourth-order valence-corrected chi connectivity index (χ4v) is 2.65. The highest BCUT2D eigenvalue weighted by atomic mass is 16.5.